The van der Waals surface area contributed by atoms with Gasteiger partial charge in [-0.3, -0.25) is 4.79 Å². The lowest BCUT2D eigenvalue weighted by molar-refractivity contribution is -0.130. The Bertz CT molecular complexity index is 906. The van der Waals surface area contributed by atoms with Crippen molar-refractivity contribution in [1.82, 2.24) is 19.7 Å². The van der Waals surface area contributed by atoms with Crippen LogP contribution in [0.4, 0.5) is 0 Å². The first-order valence-corrected chi connectivity index (χ1v) is 12.2. The van der Waals surface area contributed by atoms with Crippen molar-refractivity contribution in [2.45, 2.75) is 37.6 Å². The Labute approximate surface area is 167 Å². The third kappa shape index (κ3) is 4.99. The number of allylic oxidation sites excluding steroid dienone is 1. The van der Waals surface area contributed by atoms with Crippen LogP contribution in [0.15, 0.2) is 35.3 Å². The first kappa shape index (κ1) is 20.1. The van der Waals surface area contributed by atoms with Crippen LogP contribution in [0.25, 0.3) is 0 Å². The van der Waals surface area contributed by atoms with Crippen LogP contribution in [0.2, 0.25) is 0 Å². The third-order valence-corrected chi connectivity index (χ3v) is 7.98. The lowest BCUT2D eigenvalue weighted by Gasteiger charge is -2.27. The maximum atomic E-state index is 13.0. The maximum Gasteiger partial charge on any atom is 0.233 e. The zero-order valence-electron chi connectivity index (χ0n) is 15.1. The molecule has 0 aliphatic carbocycles. The van der Waals surface area contributed by atoms with Gasteiger partial charge in [-0.15, -0.1) is 28.1 Å². The summed E-state index contributed by atoms with van der Waals surface area (Å²) >= 11 is 2.89. The van der Waals surface area contributed by atoms with E-state index >= 15 is 0 Å². The fraction of sp³-hybridized carbons (Fsp3) is 0.471. The second-order valence-corrected chi connectivity index (χ2v) is 10.6. The second kappa shape index (κ2) is 8.57. The molecule has 0 bridgehead atoms. The molecule has 0 unspecified atom stereocenters. The Hall–Kier alpha value is -1.65. The van der Waals surface area contributed by atoms with E-state index in [1.165, 1.54) is 11.8 Å². The number of hydrogen-bond acceptors (Lipinski definition) is 7. The predicted octanol–water partition coefficient (Wildman–Crippen LogP) is 2.14. The molecule has 3 rings (SSSR count). The van der Waals surface area contributed by atoms with Gasteiger partial charge in [-0.2, -0.15) is 0 Å². The average molecular weight is 427 g/mol. The summed E-state index contributed by atoms with van der Waals surface area (Å²) in [6.45, 7) is 6.61. The zero-order valence-corrected chi connectivity index (χ0v) is 17.5. The predicted molar refractivity (Wildman–Crippen MR) is 108 cm³/mol. The summed E-state index contributed by atoms with van der Waals surface area (Å²) in [6.07, 6.45) is 2.25. The van der Waals surface area contributed by atoms with Crippen molar-refractivity contribution < 1.29 is 13.2 Å². The standard InChI is InChI=1S/C17H22N4O3S3/c1-3-7-20-13(2)18-19-17(20)26-11-16(22)21(10-15-5-4-8-25-15)14-6-9-27(23,24)12-14/h3-5,8,14H,1,6-7,9-12H2,2H3/t14-/m1/s1. The Morgan fingerprint density at radius 2 is 2.33 bits per heavy atom. The third-order valence-electron chi connectivity index (χ3n) is 4.41. The quantitative estimate of drug-likeness (QED) is 0.475. The summed E-state index contributed by atoms with van der Waals surface area (Å²) in [5.41, 5.74) is 0. The molecule has 146 valence electrons. The SMILES string of the molecule is C=CCn1c(C)nnc1SCC(=O)N(Cc1cccs1)[C@@H]1CCS(=O)(=O)C1. The number of sulfone groups is 1. The van der Waals surface area contributed by atoms with E-state index in [2.05, 4.69) is 16.8 Å². The first-order chi connectivity index (χ1) is 12.9. The normalized spacial score (nSPS) is 18.5. The molecule has 1 atom stereocenters. The van der Waals surface area contributed by atoms with E-state index in [4.69, 9.17) is 0 Å². The van der Waals surface area contributed by atoms with Crippen LogP contribution in [-0.4, -0.2) is 57.3 Å². The molecule has 0 N–H and O–H groups in total. The van der Waals surface area contributed by atoms with Crippen molar-refractivity contribution >= 4 is 38.8 Å². The van der Waals surface area contributed by atoms with Crippen LogP contribution >= 0.6 is 23.1 Å². The first-order valence-electron chi connectivity index (χ1n) is 8.55. The topological polar surface area (TPSA) is 85.2 Å². The van der Waals surface area contributed by atoms with E-state index in [0.717, 1.165) is 10.7 Å². The van der Waals surface area contributed by atoms with Gasteiger partial charge in [0, 0.05) is 17.5 Å². The minimum absolute atomic E-state index is 0.0422. The summed E-state index contributed by atoms with van der Waals surface area (Å²) in [7, 11) is -3.07. The van der Waals surface area contributed by atoms with Crippen molar-refractivity contribution in [1.29, 1.82) is 0 Å². The molecule has 1 amide bonds. The number of nitrogens with zero attached hydrogens (tertiary/aromatic N) is 4. The molecule has 0 saturated carbocycles. The minimum atomic E-state index is -3.07. The molecule has 2 aromatic rings. The molecule has 2 aromatic heterocycles. The smallest absolute Gasteiger partial charge is 0.233 e. The van der Waals surface area contributed by atoms with E-state index < -0.39 is 9.84 Å². The molecule has 1 saturated heterocycles. The molecular weight excluding hydrogens is 404 g/mol. The van der Waals surface area contributed by atoms with E-state index in [0.29, 0.717) is 24.7 Å². The lowest BCUT2D eigenvalue weighted by atomic mass is 10.2. The Morgan fingerprint density at radius 3 is 2.96 bits per heavy atom. The highest BCUT2D eigenvalue weighted by atomic mass is 32.2. The molecule has 3 heterocycles. The van der Waals surface area contributed by atoms with Crippen LogP contribution in [0, 0.1) is 6.92 Å². The van der Waals surface area contributed by atoms with Crippen LogP contribution < -0.4 is 0 Å². The van der Waals surface area contributed by atoms with Crippen LogP contribution in [-0.2, 0) is 27.7 Å². The van der Waals surface area contributed by atoms with E-state index in [-0.39, 0.29) is 29.2 Å². The van der Waals surface area contributed by atoms with Crippen LogP contribution in [0.3, 0.4) is 0 Å². The Morgan fingerprint density at radius 1 is 1.52 bits per heavy atom. The van der Waals surface area contributed by atoms with Crippen LogP contribution in [0.1, 0.15) is 17.1 Å². The number of hydrogen-bond donors (Lipinski definition) is 0. The number of aryl methyl sites for hydroxylation is 1. The highest BCUT2D eigenvalue weighted by molar-refractivity contribution is 7.99. The Balaban J connectivity index is 1.72. The van der Waals surface area contributed by atoms with E-state index in [1.807, 2.05) is 29.0 Å². The molecule has 1 aliphatic rings. The summed E-state index contributed by atoms with van der Waals surface area (Å²) in [6, 6.07) is 3.63. The number of aromatic nitrogens is 3. The molecule has 1 aliphatic heterocycles. The molecule has 7 nitrogen and oxygen atoms in total. The van der Waals surface area contributed by atoms with Gasteiger partial charge in [-0.25, -0.2) is 8.42 Å². The van der Waals surface area contributed by atoms with Gasteiger partial charge in [0.25, 0.3) is 0 Å². The van der Waals surface area contributed by atoms with Crippen molar-refractivity contribution in [3.63, 3.8) is 0 Å². The zero-order chi connectivity index (χ0) is 19.4. The van der Waals surface area contributed by atoms with Crippen LogP contribution in [0.5, 0.6) is 0 Å². The summed E-state index contributed by atoms with van der Waals surface area (Å²) in [5, 5.41) is 10.8. The van der Waals surface area contributed by atoms with E-state index in [9.17, 15) is 13.2 Å². The molecule has 10 heteroatoms. The maximum absolute atomic E-state index is 13.0. The number of amides is 1. The minimum Gasteiger partial charge on any atom is -0.333 e. The summed E-state index contributed by atoms with van der Waals surface area (Å²) in [4.78, 5) is 15.7. The van der Waals surface area contributed by atoms with Gasteiger partial charge in [-0.05, 0) is 24.8 Å². The number of thiophene rings is 1. The average Bonchev–Trinajstić information content (AvgIpc) is 3.33. The van der Waals surface area contributed by atoms with Gasteiger partial charge >= 0.3 is 0 Å². The molecule has 0 aromatic carbocycles. The van der Waals surface area contributed by atoms with Gasteiger partial charge < -0.3 is 9.47 Å². The van der Waals surface area contributed by atoms with Crippen molar-refractivity contribution in [3.8, 4) is 0 Å². The fourth-order valence-corrected chi connectivity index (χ4v) is 6.34. The second-order valence-electron chi connectivity index (χ2n) is 6.38. The van der Waals surface area contributed by atoms with Crippen molar-refractivity contribution in [2.24, 2.45) is 0 Å². The fourth-order valence-electron chi connectivity index (χ4n) is 3.03. The lowest BCUT2D eigenvalue weighted by Crippen LogP contribution is -2.41. The monoisotopic (exact) mass is 426 g/mol. The van der Waals surface area contributed by atoms with E-state index in [1.54, 1.807) is 22.3 Å². The molecular formula is C17H22N4O3S3. The van der Waals surface area contributed by atoms with Gasteiger partial charge in [0.1, 0.15) is 5.82 Å². The molecule has 0 radical (unpaired) electrons. The van der Waals surface area contributed by atoms with Crippen molar-refractivity contribution in [2.75, 3.05) is 17.3 Å². The molecule has 0 spiro atoms. The highest BCUT2D eigenvalue weighted by Gasteiger charge is 2.34. The summed E-state index contributed by atoms with van der Waals surface area (Å²) in [5.74, 6) is 1.06. The number of carbonyl (C=O) groups excluding carboxylic acids is 1. The van der Waals surface area contributed by atoms with Gasteiger partial charge in [0.2, 0.25) is 5.91 Å². The van der Waals surface area contributed by atoms with Gasteiger partial charge in [-0.1, -0.05) is 23.9 Å². The van der Waals surface area contributed by atoms with Crippen molar-refractivity contribution in [3.05, 3.63) is 40.9 Å². The molecule has 1 fully saturated rings. The summed E-state index contributed by atoms with van der Waals surface area (Å²) < 4.78 is 25.7. The van der Waals surface area contributed by atoms with Gasteiger partial charge in [0.15, 0.2) is 15.0 Å². The number of rotatable bonds is 8. The Kier molecular flexibility index (Phi) is 6.38. The van der Waals surface area contributed by atoms with Gasteiger partial charge in [0.05, 0.1) is 23.8 Å². The molecule has 27 heavy (non-hydrogen) atoms. The number of carbonyl (C=O) groups is 1. The highest BCUT2D eigenvalue weighted by Crippen LogP contribution is 2.24. The number of thioether (sulfide) groups is 1. The largest absolute Gasteiger partial charge is 0.333 e.